The summed E-state index contributed by atoms with van der Waals surface area (Å²) in [5, 5.41) is 0. The monoisotopic (exact) mass is 123 g/mol. The highest BCUT2D eigenvalue weighted by molar-refractivity contribution is 5.28. The highest BCUT2D eigenvalue weighted by atomic mass is 16.5. The number of hydrogen-bond donors (Lipinski definition) is 0. The largest absolute Gasteiger partial charge is 0.497 e. The number of fused-ring (bicyclic) bond motifs is 1. The fourth-order valence-electron chi connectivity index (χ4n) is 1.34. The zero-order chi connectivity index (χ0) is 6.27. The zero-order valence-electron chi connectivity index (χ0n) is 5.21. The van der Waals surface area contributed by atoms with E-state index < -0.39 is 0 Å². The first-order chi connectivity index (χ1) is 4.40. The first-order valence-corrected chi connectivity index (χ1v) is 3.20. The third-order valence-corrected chi connectivity index (χ3v) is 1.97. The molecule has 0 bridgehead atoms. The van der Waals surface area contributed by atoms with Gasteiger partial charge in [0, 0.05) is 0 Å². The van der Waals surface area contributed by atoms with Gasteiger partial charge in [0.1, 0.15) is 5.76 Å². The molecule has 48 valence electrons. The molecule has 0 N–H and O–H groups in total. The second-order valence-electron chi connectivity index (χ2n) is 2.56. The second kappa shape index (κ2) is 1.59. The second-order valence-corrected chi connectivity index (χ2v) is 2.56. The van der Waals surface area contributed by atoms with Crippen LogP contribution in [0.15, 0.2) is 16.8 Å². The Labute approximate surface area is 54.2 Å². The van der Waals surface area contributed by atoms with Gasteiger partial charge in [-0.2, -0.15) is 0 Å². The van der Waals surface area contributed by atoms with Crippen LogP contribution in [0.4, 0.5) is 0 Å². The minimum Gasteiger partial charge on any atom is -0.497 e. The molecule has 9 heavy (non-hydrogen) atoms. The van der Waals surface area contributed by atoms with Crippen molar-refractivity contribution in [1.29, 1.82) is 0 Å². The van der Waals surface area contributed by atoms with Crippen LogP contribution in [0.1, 0.15) is 6.42 Å². The van der Waals surface area contributed by atoms with E-state index >= 15 is 0 Å². The summed E-state index contributed by atoms with van der Waals surface area (Å²) in [5.41, 5.74) is 0. The molecule has 1 fully saturated rings. The molecule has 0 aromatic carbocycles. The molecular weight excluding hydrogens is 114 g/mol. The Morgan fingerprint density at radius 3 is 3.00 bits per heavy atom. The van der Waals surface area contributed by atoms with Crippen LogP contribution in [-0.2, 0) is 4.74 Å². The number of hydrogen-bond acceptors (Lipinski definition) is 2. The summed E-state index contributed by atoms with van der Waals surface area (Å²) in [5.74, 6) is 1.83. The van der Waals surface area contributed by atoms with Crippen molar-refractivity contribution in [2.75, 3.05) is 6.61 Å². The number of aliphatic imine (C=N–C) groups is 1. The van der Waals surface area contributed by atoms with Gasteiger partial charge in [0.15, 0.2) is 0 Å². The van der Waals surface area contributed by atoms with Crippen molar-refractivity contribution in [3.05, 3.63) is 11.8 Å². The van der Waals surface area contributed by atoms with Crippen LogP contribution < -0.4 is 0 Å². The van der Waals surface area contributed by atoms with Gasteiger partial charge in [-0.15, -0.1) is 0 Å². The van der Waals surface area contributed by atoms with E-state index in [-0.39, 0.29) is 0 Å². The summed E-state index contributed by atoms with van der Waals surface area (Å²) in [6.45, 7) is 4.39. The van der Waals surface area contributed by atoms with Crippen LogP contribution in [-0.4, -0.2) is 19.4 Å². The van der Waals surface area contributed by atoms with Gasteiger partial charge in [0.05, 0.1) is 18.6 Å². The average Bonchev–Trinajstić information content (AvgIpc) is 2.10. The van der Waals surface area contributed by atoms with E-state index in [1.165, 1.54) is 0 Å². The van der Waals surface area contributed by atoms with E-state index in [0.29, 0.717) is 12.0 Å². The van der Waals surface area contributed by atoms with Gasteiger partial charge < -0.3 is 4.74 Å². The molecule has 2 heteroatoms. The predicted octanol–water partition coefficient (Wildman–Crippen LogP) is 0.990. The van der Waals surface area contributed by atoms with E-state index in [9.17, 15) is 0 Å². The molecule has 2 nitrogen and oxygen atoms in total. The average molecular weight is 123 g/mol. The molecule has 0 spiro atoms. The lowest BCUT2D eigenvalue weighted by Crippen LogP contribution is -2.21. The molecule has 1 heterocycles. The van der Waals surface area contributed by atoms with Gasteiger partial charge in [0.25, 0.3) is 0 Å². The van der Waals surface area contributed by atoms with E-state index in [1.54, 1.807) is 0 Å². The fourth-order valence-corrected chi connectivity index (χ4v) is 1.34. The SMILES string of the molecule is C=NC1C=C2OCC2C1. The van der Waals surface area contributed by atoms with Crippen LogP contribution in [0.25, 0.3) is 0 Å². The Morgan fingerprint density at radius 1 is 1.78 bits per heavy atom. The van der Waals surface area contributed by atoms with Crippen LogP contribution in [0.2, 0.25) is 0 Å². The number of rotatable bonds is 1. The topological polar surface area (TPSA) is 21.6 Å². The van der Waals surface area contributed by atoms with Crippen LogP contribution in [0.3, 0.4) is 0 Å². The van der Waals surface area contributed by atoms with Crippen molar-refractivity contribution in [1.82, 2.24) is 0 Å². The van der Waals surface area contributed by atoms with Gasteiger partial charge in [-0.05, 0) is 19.2 Å². The summed E-state index contributed by atoms with van der Waals surface area (Å²) in [7, 11) is 0. The molecule has 2 atom stereocenters. The fraction of sp³-hybridized carbons (Fsp3) is 0.571. The summed E-state index contributed by atoms with van der Waals surface area (Å²) in [6, 6.07) is 0.340. The summed E-state index contributed by atoms with van der Waals surface area (Å²) in [4.78, 5) is 3.92. The maximum Gasteiger partial charge on any atom is 0.101 e. The van der Waals surface area contributed by atoms with Gasteiger partial charge in [0.2, 0.25) is 0 Å². The summed E-state index contributed by atoms with van der Waals surface area (Å²) >= 11 is 0. The van der Waals surface area contributed by atoms with Crippen molar-refractivity contribution in [3.63, 3.8) is 0 Å². The van der Waals surface area contributed by atoms with Crippen molar-refractivity contribution >= 4 is 6.72 Å². The summed E-state index contributed by atoms with van der Waals surface area (Å²) < 4.78 is 5.16. The molecule has 0 saturated carbocycles. The molecule has 0 radical (unpaired) electrons. The Balaban J connectivity index is 2.13. The van der Waals surface area contributed by atoms with Gasteiger partial charge in [-0.25, -0.2) is 0 Å². The molecule has 1 saturated heterocycles. The highest BCUT2D eigenvalue weighted by Gasteiger charge is 2.34. The quantitative estimate of drug-likeness (QED) is 0.476. The van der Waals surface area contributed by atoms with Gasteiger partial charge in [-0.3, -0.25) is 4.99 Å². The molecule has 2 aliphatic rings. The van der Waals surface area contributed by atoms with Crippen molar-refractivity contribution in [3.8, 4) is 0 Å². The van der Waals surface area contributed by atoms with E-state index in [4.69, 9.17) is 4.74 Å². The van der Waals surface area contributed by atoms with Crippen molar-refractivity contribution < 1.29 is 4.74 Å². The predicted molar refractivity (Wildman–Crippen MR) is 35.5 cm³/mol. The minimum atomic E-state index is 0.340. The third kappa shape index (κ3) is 0.590. The molecule has 0 aromatic heterocycles. The van der Waals surface area contributed by atoms with Crippen LogP contribution in [0.5, 0.6) is 0 Å². The lowest BCUT2D eigenvalue weighted by molar-refractivity contribution is 0.0555. The van der Waals surface area contributed by atoms with Crippen molar-refractivity contribution in [2.24, 2.45) is 10.9 Å². The molecule has 0 aromatic rings. The lowest BCUT2D eigenvalue weighted by Gasteiger charge is -2.25. The lowest BCUT2D eigenvalue weighted by atomic mass is 10.1. The van der Waals surface area contributed by atoms with Gasteiger partial charge >= 0.3 is 0 Å². The normalized spacial score (nSPS) is 38.0. The molecule has 1 aliphatic carbocycles. The molecular formula is C7H9NO. The molecule has 2 unspecified atom stereocenters. The highest BCUT2D eigenvalue weighted by Crippen LogP contribution is 2.36. The van der Waals surface area contributed by atoms with Crippen LogP contribution >= 0.6 is 0 Å². The summed E-state index contributed by atoms with van der Waals surface area (Å²) in [6.07, 6.45) is 3.19. The van der Waals surface area contributed by atoms with Crippen molar-refractivity contribution in [2.45, 2.75) is 12.5 Å². The maximum atomic E-state index is 5.16. The Morgan fingerprint density at radius 2 is 2.67 bits per heavy atom. The Bertz CT molecular complexity index is 174. The molecule has 0 amide bonds. The number of ether oxygens (including phenoxy) is 1. The Kier molecular flexibility index (Phi) is 0.891. The smallest absolute Gasteiger partial charge is 0.101 e. The van der Waals surface area contributed by atoms with E-state index in [2.05, 4.69) is 17.8 Å². The number of nitrogens with zero attached hydrogens (tertiary/aromatic N) is 1. The van der Waals surface area contributed by atoms with E-state index in [1.807, 2.05) is 0 Å². The zero-order valence-corrected chi connectivity index (χ0v) is 5.21. The minimum absolute atomic E-state index is 0.340. The molecule has 1 aliphatic heterocycles. The van der Waals surface area contributed by atoms with Gasteiger partial charge in [-0.1, -0.05) is 0 Å². The first-order valence-electron chi connectivity index (χ1n) is 3.20. The third-order valence-electron chi connectivity index (χ3n) is 1.97. The standard InChI is InChI=1S/C7H9NO/c1-8-6-2-5-4-9-7(5)3-6/h3,5-6H,1-2,4H2. The molecule has 2 rings (SSSR count). The Hall–Kier alpha value is -0.790. The van der Waals surface area contributed by atoms with E-state index in [0.717, 1.165) is 18.8 Å². The first kappa shape index (κ1) is 5.03. The van der Waals surface area contributed by atoms with Crippen LogP contribution in [0, 0.1) is 5.92 Å². The maximum absolute atomic E-state index is 5.16.